The zero-order valence-corrected chi connectivity index (χ0v) is 10.1. The summed E-state index contributed by atoms with van der Waals surface area (Å²) in [7, 11) is 0. The molecule has 5 heteroatoms. The van der Waals surface area contributed by atoms with Crippen molar-refractivity contribution in [2.24, 2.45) is 0 Å². The highest BCUT2D eigenvalue weighted by Gasteiger charge is 2.33. The van der Waals surface area contributed by atoms with Crippen LogP contribution in [0.2, 0.25) is 5.02 Å². The van der Waals surface area contributed by atoms with Gasteiger partial charge in [0, 0.05) is 17.1 Å². The highest BCUT2D eigenvalue weighted by molar-refractivity contribution is 6.32. The number of hydrogen-bond donors (Lipinski definition) is 1. The zero-order chi connectivity index (χ0) is 12.8. The number of nitrogens with one attached hydrogen (secondary N) is 1. The summed E-state index contributed by atoms with van der Waals surface area (Å²) in [6, 6.07) is 2.44. The molecule has 2 rings (SSSR count). The van der Waals surface area contributed by atoms with Crippen molar-refractivity contribution >= 4 is 22.5 Å². The molecule has 0 aliphatic heterocycles. The molecular weight excluding hydrogens is 251 g/mol. The summed E-state index contributed by atoms with van der Waals surface area (Å²) in [6.45, 7) is 3.96. The highest BCUT2D eigenvalue weighted by atomic mass is 35.5. The maximum Gasteiger partial charge on any atom is 0.417 e. The van der Waals surface area contributed by atoms with Crippen LogP contribution in [0.1, 0.15) is 30.9 Å². The number of aromatic amines is 1. The monoisotopic (exact) mass is 261 g/mol. The Morgan fingerprint density at radius 3 is 2.41 bits per heavy atom. The molecule has 1 N–H and O–H groups in total. The second-order valence-electron chi connectivity index (χ2n) is 4.27. The number of halogens is 4. The molecule has 0 fully saturated rings. The van der Waals surface area contributed by atoms with E-state index < -0.39 is 11.7 Å². The van der Waals surface area contributed by atoms with Crippen molar-refractivity contribution in [2.75, 3.05) is 0 Å². The standard InChI is InChI=1S/C12H11ClF3N/c1-6(2)8-5-17-11-4-9(12(14,15)16)10(13)3-7(8)11/h3-6,17H,1-2H3. The predicted octanol–water partition coefficient (Wildman–Crippen LogP) is 4.96. The van der Waals surface area contributed by atoms with E-state index in [-0.39, 0.29) is 10.9 Å². The first-order valence-electron chi connectivity index (χ1n) is 5.18. The van der Waals surface area contributed by atoms with Gasteiger partial charge >= 0.3 is 6.18 Å². The first-order valence-corrected chi connectivity index (χ1v) is 5.56. The van der Waals surface area contributed by atoms with Gasteiger partial charge in [0.2, 0.25) is 0 Å². The molecule has 0 spiro atoms. The van der Waals surface area contributed by atoms with E-state index in [0.29, 0.717) is 5.52 Å². The van der Waals surface area contributed by atoms with Crippen molar-refractivity contribution in [3.05, 3.63) is 34.5 Å². The van der Waals surface area contributed by atoms with E-state index in [2.05, 4.69) is 4.98 Å². The minimum absolute atomic E-state index is 0.233. The van der Waals surface area contributed by atoms with E-state index in [1.54, 1.807) is 6.20 Å². The van der Waals surface area contributed by atoms with Gasteiger partial charge in [-0.1, -0.05) is 25.4 Å². The fourth-order valence-corrected chi connectivity index (χ4v) is 2.13. The maximum atomic E-state index is 12.6. The molecule has 2 aromatic rings. The van der Waals surface area contributed by atoms with Crippen LogP contribution in [0, 0.1) is 0 Å². The molecule has 1 aromatic heterocycles. The summed E-state index contributed by atoms with van der Waals surface area (Å²) >= 11 is 5.69. The molecule has 0 bridgehead atoms. The number of hydrogen-bond acceptors (Lipinski definition) is 0. The van der Waals surface area contributed by atoms with Crippen LogP contribution in [0.5, 0.6) is 0 Å². The molecule has 0 aliphatic rings. The summed E-state index contributed by atoms with van der Waals surface area (Å²) < 4.78 is 37.9. The first kappa shape index (κ1) is 12.3. The van der Waals surface area contributed by atoms with Crippen molar-refractivity contribution in [3.63, 3.8) is 0 Å². The molecule has 92 valence electrons. The molecule has 1 nitrogen and oxygen atoms in total. The molecule has 17 heavy (non-hydrogen) atoms. The SMILES string of the molecule is CC(C)c1c[nH]c2cc(C(F)(F)F)c(Cl)cc12. The van der Waals surface area contributed by atoms with Crippen molar-refractivity contribution in [1.82, 2.24) is 4.98 Å². The number of H-pyrrole nitrogens is 1. The van der Waals surface area contributed by atoms with Gasteiger partial charge in [-0.3, -0.25) is 0 Å². The van der Waals surface area contributed by atoms with E-state index in [4.69, 9.17) is 11.6 Å². The Kier molecular flexibility index (Phi) is 2.86. The number of alkyl halides is 3. The Hall–Kier alpha value is -1.16. The summed E-state index contributed by atoms with van der Waals surface area (Å²) in [5.74, 6) is 0.233. The van der Waals surface area contributed by atoms with Crippen molar-refractivity contribution < 1.29 is 13.2 Å². The molecule has 0 radical (unpaired) electrons. The summed E-state index contributed by atoms with van der Waals surface area (Å²) in [4.78, 5) is 2.85. The molecule has 0 amide bonds. The minimum Gasteiger partial charge on any atom is -0.361 e. The van der Waals surface area contributed by atoms with Crippen LogP contribution in [0.15, 0.2) is 18.3 Å². The van der Waals surface area contributed by atoms with Gasteiger partial charge in [0.25, 0.3) is 0 Å². The smallest absolute Gasteiger partial charge is 0.361 e. The van der Waals surface area contributed by atoms with Gasteiger partial charge in [0.15, 0.2) is 0 Å². The van der Waals surface area contributed by atoms with Crippen LogP contribution in [-0.4, -0.2) is 4.98 Å². The Balaban J connectivity index is 2.69. The number of aromatic nitrogens is 1. The Morgan fingerprint density at radius 1 is 1.24 bits per heavy atom. The van der Waals surface area contributed by atoms with Crippen molar-refractivity contribution in [3.8, 4) is 0 Å². The van der Waals surface area contributed by atoms with Gasteiger partial charge in [0.1, 0.15) is 0 Å². The van der Waals surface area contributed by atoms with Crippen LogP contribution in [0.4, 0.5) is 13.2 Å². The van der Waals surface area contributed by atoms with E-state index >= 15 is 0 Å². The maximum absolute atomic E-state index is 12.6. The molecular formula is C12H11ClF3N. The van der Waals surface area contributed by atoms with Gasteiger partial charge < -0.3 is 4.98 Å². The number of benzene rings is 1. The number of fused-ring (bicyclic) bond motifs is 1. The minimum atomic E-state index is -4.42. The Bertz CT molecular complexity index is 555. The lowest BCUT2D eigenvalue weighted by atomic mass is 10.0. The topological polar surface area (TPSA) is 15.8 Å². The Morgan fingerprint density at radius 2 is 1.88 bits per heavy atom. The van der Waals surface area contributed by atoms with Crippen LogP contribution in [-0.2, 0) is 6.18 Å². The molecule has 0 atom stereocenters. The van der Waals surface area contributed by atoms with Crippen LogP contribution in [0.25, 0.3) is 10.9 Å². The lowest BCUT2D eigenvalue weighted by Gasteiger charge is -2.09. The third kappa shape index (κ3) is 2.14. The average Bonchev–Trinajstić information content (AvgIpc) is 2.57. The van der Waals surface area contributed by atoms with Crippen LogP contribution in [0.3, 0.4) is 0 Å². The zero-order valence-electron chi connectivity index (χ0n) is 9.32. The quantitative estimate of drug-likeness (QED) is 0.746. The molecule has 0 unspecified atom stereocenters. The summed E-state index contributed by atoms with van der Waals surface area (Å²) in [5, 5.41) is 0.490. The molecule has 0 saturated heterocycles. The number of rotatable bonds is 1. The third-order valence-corrected chi connectivity index (χ3v) is 3.04. The van der Waals surface area contributed by atoms with Crippen LogP contribution < -0.4 is 0 Å². The van der Waals surface area contributed by atoms with Gasteiger partial charge in [0.05, 0.1) is 10.6 Å². The van der Waals surface area contributed by atoms with Crippen LogP contribution >= 0.6 is 11.6 Å². The summed E-state index contributed by atoms with van der Waals surface area (Å²) in [5.41, 5.74) is 0.630. The van der Waals surface area contributed by atoms with Gasteiger partial charge in [-0.25, -0.2) is 0 Å². The normalized spacial score (nSPS) is 12.6. The van der Waals surface area contributed by atoms with E-state index in [1.807, 2.05) is 13.8 Å². The largest absolute Gasteiger partial charge is 0.417 e. The van der Waals surface area contributed by atoms with Gasteiger partial charge in [-0.2, -0.15) is 13.2 Å². The van der Waals surface area contributed by atoms with Crippen molar-refractivity contribution in [2.45, 2.75) is 25.9 Å². The second kappa shape index (κ2) is 3.95. The summed E-state index contributed by atoms with van der Waals surface area (Å²) in [6.07, 6.45) is -2.69. The molecule has 1 aromatic carbocycles. The fraction of sp³-hybridized carbons (Fsp3) is 0.333. The molecule has 0 saturated carbocycles. The van der Waals surface area contributed by atoms with Gasteiger partial charge in [-0.15, -0.1) is 0 Å². The van der Waals surface area contributed by atoms with Crippen molar-refractivity contribution in [1.29, 1.82) is 0 Å². The van der Waals surface area contributed by atoms with E-state index in [0.717, 1.165) is 17.0 Å². The average molecular weight is 262 g/mol. The molecule has 0 aliphatic carbocycles. The molecule has 1 heterocycles. The lowest BCUT2D eigenvalue weighted by Crippen LogP contribution is -2.05. The Labute approximate surface area is 102 Å². The van der Waals surface area contributed by atoms with E-state index in [9.17, 15) is 13.2 Å². The predicted molar refractivity (Wildman–Crippen MR) is 62.4 cm³/mol. The first-order chi connectivity index (χ1) is 7.80. The lowest BCUT2D eigenvalue weighted by molar-refractivity contribution is -0.137. The third-order valence-electron chi connectivity index (χ3n) is 2.73. The van der Waals surface area contributed by atoms with Gasteiger partial charge in [-0.05, 0) is 23.6 Å². The second-order valence-corrected chi connectivity index (χ2v) is 4.68. The highest BCUT2D eigenvalue weighted by Crippen LogP contribution is 2.38. The van der Waals surface area contributed by atoms with E-state index in [1.165, 1.54) is 6.07 Å². The fourth-order valence-electron chi connectivity index (χ4n) is 1.86.